The van der Waals surface area contributed by atoms with Crippen LogP contribution in [0.25, 0.3) is 10.4 Å². The summed E-state index contributed by atoms with van der Waals surface area (Å²) in [7, 11) is 0. The fraction of sp³-hybridized carbons (Fsp3) is 0.889. The molecule has 0 aliphatic carbocycles. The van der Waals surface area contributed by atoms with Crippen LogP contribution in [-0.2, 0) is 4.79 Å². The van der Waals surface area contributed by atoms with E-state index < -0.39 is 12.0 Å². The minimum absolute atomic E-state index is 0.367. The monoisotopic (exact) mass is 231 g/mol. The van der Waals surface area contributed by atoms with Crippen molar-refractivity contribution < 1.29 is 9.90 Å². The van der Waals surface area contributed by atoms with E-state index in [1.54, 1.807) is 0 Å². The van der Waals surface area contributed by atoms with Crippen molar-refractivity contribution in [2.45, 2.75) is 38.6 Å². The molecule has 86 valence electrons. The number of rotatable bonds is 9. The van der Waals surface area contributed by atoms with Crippen LogP contribution in [-0.4, -0.2) is 28.6 Å². The van der Waals surface area contributed by atoms with Gasteiger partial charge in [-0.3, -0.25) is 4.79 Å². The van der Waals surface area contributed by atoms with E-state index >= 15 is 0 Å². The molecule has 0 spiro atoms. The number of carboxylic acid groups (broad SMARTS) is 1. The summed E-state index contributed by atoms with van der Waals surface area (Å²) in [5, 5.41) is 11.9. The van der Waals surface area contributed by atoms with Gasteiger partial charge in [-0.05, 0) is 17.7 Å². The van der Waals surface area contributed by atoms with Crippen molar-refractivity contribution in [3.63, 3.8) is 0 Å². The fourth-order valence-electron chi connectivity index (χ4n) is 1.04. The van der Waals surface area contributed by atoms with Crippen molar-refractivity contribution in [1.82, 2.24) is 0 Å². The number of hydrogen-bond acceptors (Lipinski definition) is 3. The molecule has 0 aliphatic heterocycles. The first-order chi connectivity index (χ1) is 7.22. The zero-order chi connectivity index (χ0) is 11.5. The van der Waals surface area contributed by atoms with Crippen LogP contribution < -0.4 is 0 Å². The standard InChI is InChI=1S/C9H17N3O2S/c1-2-3-4-5-6-15-7-8(9(13)14)11-12-10/h8H,2-7H2,1H3,(H,13,14). The smallest absolute Gasteiger partial charge is 0.313 e. The van der Waals surface area contributed by atoms with E-state index in [-0.39, 0.29) is 0 Å². The first-order valence-electron chi connectivity index (χ1n) is 5.07. The SMILES string of the molecule is CCCCCCSCC(N=[N+]=[N-])C(=O)O. The Kier molecular flexibility index (Phi) is 9.11. The Morgan fingerprint density at radius 3 is 2.80 bits per heavy atom. The third kappa shape index (κ3) is 8.15. The molecule has 1 unspecified atom stereocenters. The average molecular weight is 231 g/mol. The first kappa shape index (κ1) is 14.1. The summed E-state index contributed by atoms with van der Waals surface area (Å²) in [6.07, 6.45) is 4.70. The molecule has 0 aromatic rings. The molecule has 1 N–H and O–H groups in total. The lowest BCUT2D eigenvalue weighted by Crippen LogP contribution is -2.19. The van der Waals surface area contributed by atoms with E-state index in [9.17, 15) is 4.79 Å². The van der Waals surface area contributed by atoms with Gasteiger partial charge in [0, 0.05) is 10.7 Å². The second-order valence-electron chi connectivity index (χ2n) is 3.19. The molecule has 0 amide bonds. The molecule has 0 aromatic heterocycles. The summed E-state index contributed by atoms with van der Waals surface area (Å²) in [5.74, 6) is 0.254. The number of unbranched alkanes of at least 4 members (excludes halogenated alkanes) is 3. The predicted octanol–water partition coefficient (Wildman–Crippen LogP) is 3.06. The summed E-state index contributed by atoms with van der Waals surface area (Å²) >= 11 is 1.53. The van der Waals surface area contributed by atoms with Gasteiger partial charge in [-0.1, -0.05) is 31.3 Å². The molecule has 0 saturated heterocycles. The highest BCUT2D eigenvalue weighted by atomic mass is 32.2. The zero-order valence-corrected chi connectivity index (χ0v) is 9.74. The van der Waals surface area contributed by atoms with E-state index in [0.717, 1.165) is 12.2 Å². The molecule has 0 heterocycles. The molecule has 0 rings (SSSR count). The predicted molar refractivity (Wildman–Crippen MR) is 62.0 cm³/mol. The summed E-state index contributed by atoms with van der Waals surface area (Å²) in [4.78, 5) is 13.1. The molecule has 0 saturated carbocycles. The number of carbonyl (C=O) groups is 1. The quantitative estimate of drug-likeness (QED) is 0.286. The highest BCUT2D eigenvalue weighted by Crippen LogP contribution is 2.10. The van der Waals surface area contributed by atoms with Crippen LogP contribution in [0.5, 0.6) is 0 Å². The van der Waals surface area contributed by atoms with Gasteiger partial charge in [0.1, 0.15) is 6.04 Å². The van der Waals surface area contributed by atoms with Gasteiger partial charge in [0.2, 0.25) is 0 Å². The van der Waals surface area contributed by atoms with Gasteiger partial charge < -0.3 is 5.11 Å². The molecule has 15 heavy (non-hydrogen) atoms. The minimum Gasteiger partial charge on any atom is -0.481 e. The van der Waals surface area contributed by atoms with Crippen molar-refractivity contribution in [2.75, 3.05) is 11.5 Å². The van der Waals surface area contributed by atoms with Gasteiger partial charge >= 0.3 is 5.97 Å². The lowest BCUT2D eigenvalue weighted by molar-refractivity contribution is -0.137. The molecular weight excluding hydrogens is 214 g/mol. The van der Waals surface area contributed by atoms with Crippen LogP contribution in [0.1, 0.15) is 32.6 Å². The van der Waals surface area contributed by atoms with Gasteiger partial charge in [-0.2, -0.15) is 11.8 Å². The molecule has 0 aromatic carbocycles. The van der Waals surface area contributed by atoms with E-state index in [2.05, 4.69) is 16.9 Å². The van der Waals surface area contributed by atoms with Crippen LogP contribution in [0.2, 0.25) is 0 Å². The van der Waals surface area contributed by atoms with Gasteiger partial charge in [0.25, 0.3) is 0 Å². The summed E-state index contributed by atoms with van der Waals surface area (Å²) in [6.45, 7) is 2.15. The molecule has 0 aliphatic rings. The normalized spacial score (nSPS) is 11.8. The maximum absolute atomic E-state index is 10.6. The zero-order valence-electron chi connectivity index (χ0n) is 8.93. The maximum atomic E-state index is 10.6. The van der Waals surface area contributed by atoms with E-state index in [1.807, 2.05) is 0 Å². The molecule has 1 atom stereocenters. The molecule has 5 nitrogen and oxygen atoms in total. The Morgan fingerprint density at radius 1 is 1.53 bits per heavy atom. The Labute approximate surface area is 93.9 Å². The first-order valence-corrected chi connectivity index (χ1v) is 6.22. The Hall–Kier alpha value is -0.870. The number of aliphatic carboxylic acids is 1. The van der Waals surface area contributed by atoms with E-state index in [1.165, 1.54) is 31.0 Å². The van der Waals surface area contributed by atoms with Crippen LogP contribution in [0.15, 0.2) is 5.11 Å². The average Bonchev–Trinajstić information content (AvgIpc) is 2.21. The summed E-state index contributed by atoms with van der Waals surface area (Å²) in [5.41, 5.74) is 8.14. The number of azide groups is 1. The lowest BCUT2D eigenvalue weighted by Gasteiger charge is -2.04. The molecule has 0 bridgehead atoms. The lowest BCUT2D eigenvalue weighted by atomic mass is 10.2. The van der Waals surface area contributed by atoms with Gasteiger partial charge in [-0.15, -0.1) is 0 Å². The molecular formula is C9H17N3O2S. The van der Waals surface area contributed by atoms with Crippen LogP contribution >= 0.6 is 11.8 Å². The van der Waals surface area contributed by atoms with Crippen LogP contribution in [0.3, 0.4) is 0 Å². The second kappa shape index (κ2) is 9.68. The second-order valence-corrected chi connectivity index (χ2v) is 4.34. The Morgan fingerprint density at radius 2 is 2.27 bits per heavy atom. The number of carboxylic acids is 1. The Balaban J connectivity index is 3.54. The highest BCUT2D eigenvalue weighted by molar-refractivity contribution is 7.99. The van der Waals surface area contributed by atoms with Crippen LogP contribution in [0, 0.1) is 0 Å². The van der Waals surface area contributed by atoms with Crippen molar-refractivity contribution in [2.24, 2.45) is 5.11 Å². The minimum atomic E-state index is -1.05. The van der Waals surface area contributed by atoms with Gasteiger partial charge in [-0.25, -0.2) is 0 Å². The molecule has 0 fully saturated rings. The number of thioether (sulfide) groups is 1. The van der Waals surface area contributed by atoms with Gasteiger partial charge in [0.15, 0.2) is 0 Å². The topological polar surface area (TPSA) is 86.1 Å². The molecule has 6 heteroatoms. The van der Waals surface area contributed by atoms with Crippen molar-refractivity contribution in [3.8, 4) is 0 Å². The summed E-state index contributed by atoms with van der Waals surface area (Å²) in [6, 6.07) is -0.925. The van der Waals surface area contributed by atoms with Gasteiger partial charge in [0.05, 0.1) is 0 Å². The number of hydrogen-bond donors (Lipinski definition) is 1. The van der Waals surface area contributed by atoms with Crippen LogP contribution in [0.4, 0.5) is 0 Å². The summed E-state index contributed by atoms with van der Waals surface area (Å²) < 4.78 is 0. The van der Waals surface area contributed by atoms with Crippen molar-refractivity contribution in [3.05, 3.63) is 10.4 Å². The van der Waals surface area contributed by atoms with E-state index in [0.29, 0.717) is 5.75 Å². The highest BCUT2D eigenvalue weighted by Gasteiger charge is 2.14. The molecule has 0 radical (unpaired) electrons. The van der Waals surface area contributed by atoms with Crippen molar-refractivity contribution in [1.29, 1.82) is 0 Å². The largest absolute Gasteiger partial charge is 0.481 e. The number of nitrogens with zero attached hydrogens (tertiary/aromatic N) is 3. The fourth-order valence-corrected chi connectivity index (χ4v) is 2.05. The maximum Gasteiger partial charge on any atom is 0.313 e. The van der Waals surface area contributed by atoms with Crippen molar-refractivity contribution >= 4 is 17.7 Å². The Bertz CT molecular complexity index is 227. The van der Waals surface area contributed by atoms with E-state index in [4.69, 9.17) is 10.6 Å². The third-order valence-corrected chi connectivity index (χ3v) is 3.02. The third-order valence-electron chi connectivity index (χ3n) is 1.89.